The van der Waals surface area contributed by atoms with E-state index < -0.39 is 16.8 Å². The number of para-hydroxylation sites is 1. The number of pyridine rings is 1. The summed E-state index contributed by atoms with van der Waals surface area (Å²) in [6.45, 7) is 6.51. The van der Waals surface area contributed by atoms with Crippen LogP contribution in [-0.2, 0) is 16.8 Å². The van der Waals surface area contributed by atoms with E-state index in [0.717, 1.165) is 16.8 Å². The van der Waals surface area contributed by atoms with Crippen LogP contribution in [-0.4, -0.2) is 23.1 Å². The van der Waals surface area contributed by atoms with Gasteiger partial charge in [0.25, 0.3) is 0 Å². The first-order valence-electron chi connectivity index (χ1n) is 10.8. The SMILES string of the molecule is CCOc1ccc2c(c1)OC(C)(C)CC21C(=O)N(Cc2ncccc2F)c2ccccc21. The topological polar surface area (TPSA) is 51.7 Å². The zero-order chi connectivity index (χ0) is 22.5. The van der Waals surface area contributed by atoms with Crippen molar-refractivity contribution < 1.29 is 18.7 Å². The summed E-state index contributed by atoms with van der Waals surface area (Å²) in [6.07, 6.45) is 2.01. The Bertz CT molecular complexity index is 1210. The van der Waals surface area contributed by atoms with Gasteiger partial charge in [0.05, 0.1) is 18.8 Å². The standard InChI is InChI=1S/C26H25FN2O3/c1-4-31-17-11-12-19-23(14-17)32-25(2,3)16-26(19)18-8-5-6-10-22(18)29(24(26)30)15-21-20(27)9-7-13-28-21/h5-14H,4,15-16H2,1-3H3. The van der Waals surface area contributed by atoms with E-state index in [9.17, 15) is 9.18 Å². The number of amides is 1. The molecule has 1 atom stereocenters. The Hall–Kier alpha value is -3.41. The zero-order valence-corrected chi connectivity index (χ0v) is 18.4. The van der Waals surface area contributed by atoms with E-state index in [1.165, 1.54) is 6.07 Å². The van der Waals surface area contributed by atoms with E-state index in [2.05, 4.69) is 4.98 Å². The van der Waals surface area contributed by atoms with Crippen LogP contribution in [0.5, 0.6) is 11.5 Å². The first-order chi connectivity index (χ1) is 15.4. The second-order valence-corrected chi connectivity index (χ2v) is 8.88. The third-order valence-corrected chi connectivity index (χ3v) is 6.21. The highest BCUT2D eigenvalue weighted by molar-refractivity contribution is 6.11. The maximum absolute atomic E-state index is 14.4. The van der Waals surface area contributed by atoms with Crippen molar-refractivity contribution >= 4 is 11.6 Å². The van der Waals surface area contributed by atoms with Gasteiger partial charge in [0.1, 0.15) is 28.3 Å². The molecule has 1 spiro atoms. The van der Waals surface area contributed by atoms with Crippen molar-refractivity contribution in [2.75, 3.05) is 11.5 Å². The molecule has 1 amide bonds. The largest absolute Gasteiger partial charge is 0.494 e. The molecule has 164 valence electrons. The molecule has 3 aromatic rings. The van der Waals surface area contributed by atoms with E-state index in [1.807, 2.05) is 63.2 Å². The second kappa shape index (κ2) is 7.33. The first kappa shape index (κ1) is 20.5. The van der Waals surface area contributed by atoms with Crippen LogP contribution in [0.3, 0.4) is 0 Å². The molecular formula is C26H25FN2O3. The van der Waals surface area contributed by atoms with Crippen molar-refractivity contribution in [2.45, 2.75) is 44.8 Å². The van der Waals surface area contributed by atoms with Gasteiger partial charge in [-0.1, -0.05) is 24.3 Å². The second-order valence-electron chi connectivity index (χ2n) is 8.88. The molecule has 0 saturated carbocycles. The number of aromatic nitrogens is 1. The minimum Gasteiger partial charge on any atom is -0.494 e. The predicted molar refractivity (Wildman–Crippen MR) is 120 cm³/mol. The molecule has 1 aromatic heterocycles. The van der Waals surface area contributed by atoms with Gasteiger partial charge >= 0.3 is 0 Å². The Morgan fingerprint density at radius 3 is 2.72 bits per heavy atom. The average molecular weight is 432 g/mol. The Kier molecular flexibility index (Phi) is 4.69. The summed E-state index contributed by atoms with van der Waals surface area (Å²) < 4.78 is 26.4. The number of nitrogens with zero attached hydrogens (tertiary/aromatic N) is 2. The van der Waals surface area contributed by atoms with Crippen molar-refractivity contribution in [3.05, 3.63) is 83.4 Å². The summed E-state index contributed by atoms with van der Waals surface area (Å²) in [7, 11) is 0. The fraction of sp³-hybridized carbons (Fsp3) is 0.308. The van der Waals surface area contributed by atoms with Gasteiger partial charge in [-0.05, 0) is 50.6 Å². The Labute approximate surface area is 186 Å². The lowest BCUT2D eigenvalue weighted by Gasteiger charge is -2.43. The molecule has 1 unspecified atom stereocenters. The van der Waals surface area contributed by atoms with Crippen LogP contribution in [0, 0.1) is 5.82 Å². The van der Waals surface area contributed by atoms with Gasteiger partial charge in [0.2, 0.25) is 5.91 Å². The number of anilines is 1. The number of hydrogen-bond acceptors (Lipinski definition) is 4. The molecule has 2 aliphatic heterocycles. The van der Waals surface area contributed by atoms with Crippen molar-refractivity contribution in [3.8, 4) is 11.5 Å². The minimum atomic E-state index is -0.927. The number of carbonyl (C=O) groups excluding carboxylic acids is 1. The molecule has 0 bridgehead atoms. The third-order valence-electron chi connectivity index (χ3n) is 6.21. The molecule has 2 aromatic carbocycles. The lowest BCUT2D eigenvalue weighted by atomic mass is 9.67. The van der Waals surface area contributed by atoms with E-state index >= 15 is 0 Å². The van der Waals surface area contributed by atoms with Crippen molar-refractivity contribution in [1.29, 1.82) is 0 Å². The third kappa shape index (κ3) is 3.05. The monoisotopic (exact) mass is 432 g/mol. The van der Waals surface area contributed by atoms with Gasteiger partial charge in [-0.15, -0.1) is 0 Å². The highest BCUT2D eigenvalue weighted by Gasteiger charge is 2.58. The summed E-state index contributed by atoms with van der Waals surface area (Å²) in [5.74, 6) is 0.824. The molecule has 32 heavy (non-hydrogen) atoms. The molecule has 5 nitrogen and oxygen atoms in total. The lowest BCUT2D eigenvalue weighted by molar-refractivity contribution is -0.124. The maximum Gasteiger partial charge on any atom is 0.242 e. The van der Waals surface area contributed by atoms with Crippen LogP contribution >= 0.6 is 0 Å². The number of halogens is 1. The normalized spacial score (nSPS) is 20.6. The quantitative estimate of drug-likeness (QED) is 0.581. The summed E-state index contributed by atoms with van der Waals surface area (Å²) in [4.78, 5) is 20.0. The van der Waals surface area contributed by atoms with Gasteiger partial charge in [-0.25, -0.2) is 4.39 Å². The molecule has 0 aliphatic carbocycles. The van der Waals surface area contributed by atoms with Gasteiger partial charge in [0.15, 0.2) is 0 Å². The highest BCUT2D eigenvalue weighted by atomic mass is 19.1. The van der Waals surface area contributed by atoms with Crippen LogP contribution in [0.1, 0.15) is 44.0 Å². The molecule has 6 heteroatoms. The molecule has 5 rings (SSSR count). The van der Waals surface area contributed by atoms with Gasteiger partial charge in [0, 0.05) is 29.9 Å². The van der Waals surface area contributed by atoms with E-state index in [4.69, 9.17) is 9.47 Å². The van der Waals surface area contributed by atoms with Crippen molar-refractivity contribution in [3.63, 3.8) is 0 Å². The summed E-state index contributed by atoms with van der Waals surface area (Å²) in [6, 6.07) is 16.3. The highest BCUT2D eigenvalue weighted by Crippen LogP contribution is 2.56. The average Bonchev–Trinajstić information content (AvgIpc) is 2.98. The molecule has 3 heterocycles. The van der Waals surface area contributed by atoms with Crippen molar-refractivity contribution in [2.24, 2.45) is 0 Å². The molecule has 2 aliphatic rings. The summed E-state index contributed by atoms with van der Waals surface area (Å²) in [5.41, 5.74) is 1.21. The molecule has 0 N–H and O–H groups in total. The molecule has 0 radical (unpaired) electrons. The van der Waals surface area contributed by atoms with E-state index in [1.54, 1.807) is 17.2 Å². The van der Waals surface area contributed by atoms with Gasteiger partial charge in [-0.3, -0.25) is 9.78 Å². The predicted octanol–water partition coefficient (Wildman–Crippen LogP) is 5.01. The lowest BCUT2D eigenvalue weighted by Crippen LogP contribution is -2.50. The first-order valence-corrected chi connectivity index (χ1v) is 10.8. The van der Waals surface area contributed by atoms with Crippen LogP contribution in [0.15, 0.2) is 60.8 Å². The summed E-state index contributed by atoms with van der Waals surface area (Å²) >= 11 is 0. The number of carbonyl (C=O) groups is 1. The molecule has 0 saturated heterocycles. The number of ether oxygens (including phenoxy) is 2. The molecule has 0 fully saturated rings. The van der Waals surface area contributed by atoms with Crippen molar-refractivity contribution in [1.82, 2.24) is 4.98 Å². The fourth-order valence-electron chi connectivity index (χ4n) is 5.06. The van der Waals surface area contributed by atoms with Crippen LogP contribution in [0.4, 0.5) is 10.1 Å². The van der Waals surface area contributed by atoms with Crippen LogP contribution < -0.4 is 14.4 Å². The number of rotatable bonds is 4. The van der Waals surface area contributed by atoms with E-state index in [0.29, 0.717) is 24.5 Å². The fourth-order valence-corrected chi connectivity index (χ4v) is 5.06. The number of hydrogen-bond donors (Lipinski definition) is 0. The van der Waals surface area contributed by atoms with E-state index in [-0.39, 0.29) is 18.1 Å². The summed E-state index contributed by atoms with van der Waals surface area (Å²) in [5, 5.41) is 0. The molecular weight excluding hydrogens is 407 g/mol. The Balaban J connectivity index is 1.69. The smallest absolute Gasteiger partial charge is 0.242 e. The number of benzene rings is 2. The number of fused-ring (bicyclic) bond motifs is 4. The van der Waals surface area contributed by atoms with Crippen LogP contribution in [0.25, 0.3) is 0 Å². The van der Waals surface area contributed by atoms with Crippen LogP contribution in [0.2, 0.25) is 0 Å². The van der Waals surface area contributed by atoms with Gasteiger partial charge < -0.3 is 14.4 Å². The Morgan fingerprint density at radius 2 is 1.94 bits per heavy atom. The maximum atomic E-state index is 14.4. The zero-order valence-electron chi connectivity index (χ0n) is 18.4. The minimum absolute atomic E-state index is 0.0674. The van der Waals surface area contributed by atoms with Gasteiger partial charge in [-0.2, -0.15) is 0 Å². The Morgan fingerprint density at radius 1 is 1.12 bits per heavy atom.